The van der Waals surface area contributed by atoms with Crippen molar-refractivity contribution in [3.8, 4) is 11.1 Å². The van der Waals surface area contributed by atoms with Crippen molar-refractivity contribution in [1.29, 1.82) is 0 Å². The van der Waals surface area contributed by atoms with Crippen LogP contribution in [0.5, 0.6) is 0 Å². The third-order valence-electron chi connectivity index (χ3n) is 2.58. The number of carbonyl (C=O) groups is 1. The third kappa shape index (κ3) is 3.18. The number of carboxylic acids is 1. The zero-order valence-electron chi connectivity index (χ0n) is 9.83. The lowest BCUT2D eigenvalue weighted by Crippen LogP contribution is -2.01. The van der Waals surface area contributed by atoms with Gasteiger partial charge in [0.15, 0.2) is 0 Å². The van der Waals surface area contributed by atoms with E-state index in [2.05, 4.69) is 4.98 Å². The van der Waals surface area contributed by atoms with E-state index in [4.69, 9.17) is 51.5 Å². The van der Waals surface area contributed by atoms with Crippen LogP contribution in [0, 0.1) is 0 Å². The monoisotopic (exact) mass is 349 g/mol. The van der Waals surface area contributed by atoms with Crippen molar-refractivity contribution in [2.45, 2.75) is 6.42 Å². The minimum Gasteiger partial charge on any atom is -0.481 e. The molecule has 0 saturated heterocycles. The van der Waals surface area contributed by atoms with E-state index in [0.717, 1.165) is 0 Å². The molecule has 0 unspecified atom stereocenters. The molecule has 0 bridgehead atoms. The van der Waals surface area contributed by atoms with Crippen LogP contribution in [0.3, 0.4) is 0 Å². The molecule has 0 fully saturated rings. The molecule has 0 aliphatic carbocycles. The number of pyridine rings is 1. The lowest BCUT2D eigenvalue weighted by atomic mass is 10.0. The molecule has 0 spiro atoms. The number of nitrogens with zero attached hydrogens (tertiary/aromatic N) is 1. The first-order chi connectivity index (χ1) is 9.40. The molecule has 0 amide bonds. The molecule has 1 heterocycles. The Morgan fingerprint density at radius 3 is 2.45 bits per heavy atom. The average Bonchev–Trinajstić information content (AvgIpc) is 2.38. The van der Waals surface area contributed by atoms with Crippen molar-refractivity contribution < 1.29 is 9.90 Å². The van der Waals surface area contributed by atoms with Crippen LogP contribution in [-0.2, 0) is 11.2 Å². The Balaban J connectivity index is 2.57. The minimum atomic E-state index is -0.958. The van der Waals surface area contributed by atoms with Crippen molar-refractivity contribution in [1.82, 2.24) is 4.98 Å². The number of carboxylic acid groups (broad SMARTS) is 1. The fourth-order valence-corrected chi connectivity index (χ4v) is 2.53. The predicted molar refractivity (Wildman–Crippen MR) is 81.1 cm³/mol. The second-order valence-electron chi connectivity index (χ2n) is 3.98. The van der Waals surface area contributed by atoms with E-state index >= 15 is 0 Å². The summed E-state index contributed by atoms with van der Waals surface area (Å²) in [7, 11) is 0. The maximum Gasteiger partial charge on any atom is 0.307 e. The summed E-state index contributed by atoms with van der Waals surface area (Å²) in [6.45, 7) is 0. The van der Waals surface area contributed by atoms with Crippen LogP contribution in [0.1, 0.15) is 5.56 Å². The van der Waals surface area contributed by atoms with Gasteiger partial charge in [0.05, 0.1) is 21.5 Å². The standard InChI is InChI=1S/C13H7Cl4NO2/c14-9-2-1-7(11(15)12(9)16)8-3-6(4-10(19)20)5-18-13(8)17/h1-3,5H,4H2,(H,19,20). The predicted octanol–water partition coefficient (Wildman–Crippen LogP) is 4.99. The average molecular weight is 351 g/mol. The van der Waals surface area contributed by atoms with Gasteiger partial charge in [-0.3, -0.25) is 4.79 Å². The van der Waals surface area contributed by atoms with E-state index in [9.17, 15) is 4.79 Å². The maximum absolute atomic E-state index is 10.7. The summed E-state index contributed by atoms with van der Waals surface area (Å²) in [4.78, 5) is 14.7. The summed E-state index contributed by atoms with van der Waals surface area (Å²) < 4.78 is 0. The fourth-order valence-electron chi connectivity index (χ4n) is 1.69. The topological polar surface area (TPSA) is 50.2 Å². The Hall–Kier alpha value is -1.000. The molecule has 1 aromatic heterocycles. The number of rotatable bonds is 3. The molecule has 1 N–H and O–H groups in total. The van der Waals surface area contributed by atoms with Crippen LogP contribution in [0.4, 0.5) is 0 Å². The van der Waals surface area contributed by atoms with Crippen LogP contribution >= 0.6 is 46.4 Å². The summed E-state index contributed by atoms with van der Waals surface area (Å²) in [5.41, 5.74) is 1.57. The van der Waals surface area contributed by atoms with Gasteiger partial charge in [0.25, 0.3) is 0 Å². The second-order valence-corrected chi connectivity index (χ2v) is 5.50. The first-order valence-electron chi connectivity index (χ1n) is 5.40. The summed E-state index contributed by atoms with van der Waals surface area (Å²) in [6, 6.07) is 4.87. The lowest BCUT2D eigenvalue weighted by molar-refractivity contribution is -0.136. The Bertz CT molecular complexity index is 688. The molecular formula is C13H7Cl4NO2. The highest BCUT2D eigenvalue weighted by Crippen LogP contribution is 2.40. The number of benzene rings is 1. The highest BCUT2D eigenvalue weighted by molar-refractivity contribution is 6.49. The fraction of sp³-hybridized carbons (Fsp3) is 0.0769. The van der Waals surface area contributed by atoms with Crippen LogP contribution in [0.25, 0.3) is 11.1 Å². The minimum absolute atomic E-state index is 0.157. The molecule has 0 aliphatic heterocycles. The van der Waals surface area contributed by atoms with Crippen LogP contribution < -0.4 is 0 Å². The Kier molecular flexibility index (Phi) is 4.76. The molecule has 2 aromatic rings. The van der Waals surface area contributed by atoms with E-state index in [1.54, 1.807) is 18.2 Å². The smallest absolute Gasteiger partial charge is 0.307 e. The van der Waals surface area contributed by atoms with Crippen molar-refractivity contribution in [3.63, 3.8) is 0 Å². The largest absolute Gasteiger partial charge is 0.481 e. The third-order valence-corrected chi connectivity index (χ3v) is 4.17. The van der Waals surface area contributed by atoms with E-state index in [1.807, 2.05) is 0 Å². The number of aromatic nitrogens is 1. The first kappa shape index (κ1) is 15.4. The second kappa shape index (κ2) is 6.19. The highest BCUT2D eigenvalue weighted by Gasteiger charge is 2.15. The van der Waals surface area contributed by atoms with Crippen LogP contribution in [0.2, 0.25) is 20.2 Å². The summed E-state index contributed by atoms with van der Waals surface area (Å²) >= 11 is 24.0. The number of hydrogen-bond donors (Lipinski definition) is 1. The molecule has 0 saturated carbocycles. The molecule has 1 aromatic carbocycles. The highest BCUT2D eigenvalue weighted by atomic mass is 35.5. The SMILES string of the molecule is O=C(O)Cc1cnc(Cl)c(-c2ccc(Cl)c(Cl)c2Cl)c1. The molecule has 3 nitrogen and oxygen atoms in total. The molecule has 0 aliphatic rings. The van der Waals surface area contributed by atoms with Gasteiger partial charge < -0.3 is 5.11 Å². The molecule has 20 heavy (non-hydrogen) atoms. The maximum atomic E-state index is 10.7. The number of aliphatic carboxylic acids is 1. The Morgan fingerprint density at radius 2 is 1.80 bits per heavy atom. The van der Waals surface area contributed by atoms with Crippen molar-refractivity contribution >= 4 is 52.4 Å². The Labute approximate surface area is 135 Å². The van der Waals surface area contributed by atoms with Gasteiger partial charge >= 0.3 is 5.97 Å². The molecule has 0 atom stereocenters. The van der Waals surface area contributed by atoms with Gasteiger partial charge in [0.2, 0.25) is 0 Å². The summed E-state index contributed by atoms with van der Waals surface area (Å²) in [5, 5.41) is 9.80. The zero-order valence-corrected chi connectivity index (χ0v) is 12.9. The van der Waals surface area contributed by atoms with Gasteiger partial charge in [0.1, 0.15) is 5.15 Å². The summed E-state index contributed by atoms with van der Waals surface area (Å²) in [5.74, 6) is -0.958. The molecule has 2 rings (SSSR count). The quantitative estimate of drug-likeness (QED) is 0.626. The van der Waals surface area contributed by atoms with Gasteiger partial charge in [0, 0.05) is 17.3 Å². The first-order valence-corrected chi connectivity index (χ1v) is 6.91. The van der Waals surface area contributed by atoms with E-state index in [0.29, 0.717) is 21.7 Å². The van der Waals surface area contributed by atoms with Gasteiger partial charge in [-0.15, -0.1) is 0 Å². The van der Waals surface area contributed by atoms with Crippen molar-refractivity contribution in [3.05, 3.63) is 50.2 Å². The normalized spacial score (nSPS) is 10.6. The van der Waals surface area contributed by atoms with Crippen LogP contribution in [0.15, 0.2) is 24.4 Å². The molecule has 7 heteroatoms. The van der Waals surface area contributed by atoms with Crippen molar-refractivity contribution in [2.75, 3.05) is 0 Å². The van der Waals surface area contributed by atoms with Gasteiger partial charge in [-0.1, -0.05) is 52.5 Å². The van der Waals surface area contributed by atoms with Crippen LogP contribution in [-0.4, -0.2) is 16.1 Å². The van der Waals surface area contributed by atoms with E-state index in [1.165, 1.54) is 6.20 Å². The van der Waals surface area contributed by atoms with E-state index in [-0.39, 0.29) is 21.6 Å². The number of hydrogen-bond acceptors (Lipinski definition) is 2. The van der Waals surface area contributed by atoms with Gasteiger partial charge in [-0.05, 0) is 17.7 Å². The molecule has 104 valence electrons. The Morgan fingerprint density at radius 1 is 1.10 bits per heavy atom. The molecule has 0 radical (unpaired) electrons. The lowest BCUT2D eigenvalue weighted by Gasteiger charge is -2.10. The van der Waals surface area contributed by atoms with Crippen molar-refractivity contribution in [2.24, 2.45) is 0 Å². The van der Waals surface area contributed by atoms with Gasteiger partial charge in [-0.25, -0.2) is 4.98 Å². The number of halogens is 4. The van der Waals surface area contributed by atoms with E-state index < -0.39 is 5.97 Å². The summed E-state index contributed by atoms with van der Waals surface area (Å²) in [6.07, 6.45) is 1.25. The van der Waals surface area contributed by atoms with Gasteiger partial charge in [-0.2, -0.15) is 0 Å². The zero-order chi connectivity index (χ0) is 14.9. The molecular weight excluding hydrogens is 344 g/mol.